The van der Waals surface area contributed by atoms with E-state index in [1.54, 1.807) is 12.1 Å². The molecule has 3 rings (SSSR count). The van der Waals surface area contributed by atoms with Gasteiger partial charge in [0.1, 0.15) is 12.2 Å². The van der Waals surface area contributed by atoms with Crippen molar-refractivity contribution in [3.05, 3.63) is 44.4 Å². The number of aliphatic hydroxyl groups excluding tert-OH is 2. The summed E-state index contributed by atoms with van der Waals surface area (Å²) < 4.78 is 20.3. The van der Waals surface area contributed by atoms with Gasteiger partial charge in [0.2, 0.25) is 0 Å². The van der Waals surface area contributed by atoms with Crippen LogP contribution in [-0.4, -0.2) is 44.0 Å². The molecule has 1 aliphatic heterocycles. The van der Waals surface area contributed by atoms with Crippen LogP contribution in [0.15, 0.2) is 23.1 Å². The number of hydrogen-bond acceptors (Lipinski definition) is 7. The van der Waals surface area contributed by atoms with Crippen molar-refractivity contribution < 1.29 is 24.1 Å². The first-order valence-corrected chi connectivity index (χ1v) is 8.27. The average Bonchev–Trinajstić information content (AvgIpc) is 3.10. The standard InChI is InChI=1S/C15H16FN3O5S/c1-6-3-4-9(25-6)13(22)17-12-8(16)5-19(15(23)18-12)14-11(21)10(20)7(2)24-14/h3-5,7,10-11,14,20-21H,1-2H3,(H,17,18,22,23)/t7-,10-,11-,14-/m1/s1. The van der Waals surface area contributed by atoms with Crippen LogP contribution in [-0.2, 0) is 4.74 Å². The first-order chi connectivity index (χ1) is 11.8. The number of thiophene rings is 1. The number of rotatable bonds is 3. The normalized spacial score (nSPS) is 26.0. The molecule has 1 aliphatic rings. The molecule has 0 aromatic carbocycles. The quantitative estimate of drug-likeness (QED) is 0.732. The SMILES string of the molecule is Cc1ccc(C(=O)Nc2nc(=O)n([C@@H]3O[C@H](C)[C@@H](O)[C@H]3O)cc2F)s1. The van der Waals surface area contributed by atoms with E-state index in [0.29, 0.717) is 4.88 Å². The summed E-state index contributed by atoms with van der Waals surface area (Å²) in [6, 6.07) is 3.33. The van der Waals surface area contributed by atoms with E-state index < -0.39 is 47.8 Å². The number of anilines is 1. The van der Waals surface area contributed by atoms with Crippen LogP contribution in [0.3, 0.4) is 0 Å². The van der Waals surface area contributed by atoms with Gasteiger partial charge in [0.25, 0.3) is 5.91 Å². The van der Waals surface area contributed by atoms with Gasteiger partial charge < -0.3 is 20.3 Å². The monoisotopic (exact) mass is 369 g/mol. The summed E-state index contributed by atoms with van der Waals surface area (Å²) in [5.74, 6) is -2.06. The van der Waals surface area contributed by atoms with E-state index in [-0.39, 0.29) is 0 Å². The van der Waals surface area contributed by atoms with E-state index in [0.717, 1.165) is 15.6 Å². The number of carbonyl (C=O) groups is 1. The van der Waals surface area contributed by atoms with Crippen molar-refractivity contribution in [1.82, 2.24) is 9.55 Å². The van der Waals surface area contributed by atoms with E-state index >= 15 is 0 Å². The molecular weight excluding hydrogens is 353 g/mol. The number of aryl methyl sites for hydroxylation is 1. The third-order valence-electron chi connectivity index (χ3n) is 3.85. The lowest BCUT2D eigenvalue weighted by molar-refractivity contribution is -0.0355. The lowest BCUT2D eigenvalue weighted by Crippen LogP contribution is -2.36. The van der Waals surface area contributed by atoms with Crippen molar-refractivity contribution >= 4 is 23.1 Å². The average molecular weight is 369 g/mol. The second kappa shape index (κ2) is 6.64. The van der Waals surface area contributed by atoms with Crippen LogP contribution in [0.2, 0.25) is 0 Å². The highest BCUT2D eigenvalue weighted by molar-refractivity contribution is 7.14. The van der Waals surface area contributed by atoms with Gasteiger partial charge in [0.05, 0.1) is 17.2 Å². The van der Waals surface area contributed by atoms with Gasteiger partial charge in [-0.1, -0.05) is 0 Å². The Morgan fingerprint density at radius 2 is 2.12 bits per heavy atom. The van der Waals surface area contributed by atoms with E-state index in [1.807, 2.05) is 6.92 Å². The molecule has 1 fully saturated rings. The third-order valence-corrected chi connectivity index (χ3v) is 4.85. The van der Waals surface area contributed by atoms with Gasteiger partial charge in [-0.25, -0.2) is 9.18 Å². The first kappa shape index (κ1) is 17.7. The summed E-state index contributed by atoms with van der Waals surface area (Å²) in [6.45, 7) is 3.34. The molecule has 25 heavy (non-hydrogen) atoms. The van der Waals surface area contributed by atoms with Crippen molar-refractivity contribution in [3.8, 4) is 0 Å². The van der Waals surface area contributed by atoms with Crippen molar-refractivity contribution in [2.24, 2.45) is 0 Å². The second-order valence-electron chi connectivity index (χ2n) is 5.70. The Hall–Kier alpha value is -2.14. The number of aromatic nitrogens is 2. The zero-order valence-corrected chi connectivity index (χ0v) is 14.2. The molecule has 0 bridgehead atoms. The van der Waals surface area contributed by atoms with Gasteiger partial charge in [-0.3, -0.25) is 9.36 Å². The molecule has 2 aromatic heterocycles. The smallest absolute Gasteiger partial charge is 0.351 e. The summed E-state index contributed by atoms with van der Waals surface area (Å²) >= 11 is 1.22. The van der Waals surface area contributed by atoms with Crippen LogP contribution in [0, 0.1) is 12.7 Å². The van der Waals surface area contributed by atoms with Gasteiger partial charge in [0.15, 0.2) is 17.9 Å². The molecule has 1 amide bonds. The predicted octanol–water partition coefficient (Wildman–Crippen LogP) is 0.644. The van der Waals surface area contributed by atoms with Crippen LogP contribution in [0.1, 0.15) is 27.7 Å². The van der Waals surface area contributed by atoms with E-state index in [9.17, 15) is 24.2 Å². The molecule has 2 aromatic rings. The number of nitrogens with zero attached hydrogens (tertiary/aromatic N) is 2. The van der Waals surface area contributed by atoms with Gasteiger partial charge in [0, 0.05) is 4.88 Å². The van der Waals surface area contributed by atoms with Gasteiger partial charge in [-0.15, -0.1) is 11.3 Å². The van der Waals surface area contributed by atoms with Crippen LogP contribution in [0.25, 0.3) is 0 Å². The maximum Gasteiger partial charge on any atom is 0.351 e. The molecule has 134 valence electrons. The zero-order valence-electron chi connectivity index (χ0n) is 13.3. The van der Waals surface area contributed by atoms with E-state index in [1.165, 1.54) is 18.3 Å². The molecule has 0 saturated carbocycles. The fraction of sp³-hybridized carbons (Fsp3) is 0.400. The van der Waals surface area contributed by atoms with Gasteiger partial charge in [-0.05, 0) is 26.0 Å². The summed E-state index contributed by atoms with van der Waals surface area (Å²) in [7, 11) is 0. The molecule has 4 atom stereocenters. The van der Waals surface area contributed by atoms with Crippen LogP contribution < -0.4 is 11.0 Å². The Morgan fingerprint density at radius 3 is 2.68 bits per heavy atom. The molecular formula is C15H16FN3O5S. The lowest BCUT2D eigenvalue weighted by Gasteiger charge is -2.17. The highest BCUT2D eigenvalue weighted by atomic mass is 32.1. The lowest BCUT2D eigenvalue weighted by atomic mass is 10.1. The summed E-state index contributed by atoms with van der Waals surface area (Å²) in [5.41, 5.74) is -0.926. The van der Waals surface area contributed by atoms with Crippen LogP contribution in [0.5, 0.6) is 0 Å². The minimum Gasteiger partial charge on any atom is -0.388 e. The minimum atomic E-state index is -1.40. The van der Waals surface area contributed by atoms with Crippen molar-refractivity contribution in [1.29, 1.82) is 0 Å². The van der Waals surface area contributed by atoms with Crippen molar-refractivity contribution in [3.63, 3.8) is 0 Å². The fourth-order valence-corrected chi connectivity index (χ4v) is 3.26. The molecule has 10 heteroatoms. The Kier molecular flexibility index (Phi) is 4.69. The van der Waals surface area contributed by atoms with Crippen molar-refractivity contribution in [2.45, 2.75) is 38.4 Å². The number of halogens is 1. The largest absolute Gasteiger partial charge is 0.388 e. The number of aliphatic hydroxyl groups is 2. The highest BCUT2D eigenvalue weighted by Crippen LogP contribution is 2.28. The molecule has 1 saturated heterocycles. The predicted molar refractivity (Wildman–Crippen MR) is 87.1 cm³/mol. The molecule has 8 nitrogen and oxygen atoms in total. The number of nitrogens with one attached hydrogen (secondary N) is 1. The topological polar surface area (TPSA) is 114 Å². The molecule has 0 aliphatic carbocycles. The Labute approximate surface area is 145 Å². The third kappa shape index (κ3) is 3.33. The zero-order chi connectivity index (χ0) is 18.3. The Balaban J connectivity index is 1.86. The van der Waals surface area contributed by atoms with Crippen LogP contribution in [0.4, 0.5) is 10.2 Å². The van der Waals surface area contributed by atoms with Crippen LogP contribution >= 0.6 is 11.3 Å². The Bertz CT molecular complexity index is 867. The van der Waals surface area contributed by atoms with Gasteiger partial charge in [-0.2, -0.15) is 4.98 Å². The number of carbonyl (C=O) groups excluding carboxylic acids is 1. The Morgan fingerprint density at radius 1 is 1.40 bits per heavy atom. The maximum absolute atomic E-state index is 14.3. The number of amides is 1. The maximum atomic E-state index is 14.3. The first-order valence-electron chi connectivity index (χ1n) is 7.46. The van der Waals surface area contributed by atoms with E-state index in [2.05, 4.69) is 10.3 Å². The molecule has 3 N–H and O–H groups in total. The van der Waals surface area contributed by atoms with Gasteiger partial charge >= 0.3 is 5.69 Å². The second-order valence-corrected chi connectivity index (χ2v) is 6.99. The minimum absolute atomic E-state index is 0.356. The molecule has 0 spiro atoms. The highest BCUT2D eigenvalue weighted by Gasteiger charge is 2.42. The molecule has 3 heterocycles. The van der Waals surface area contributed by atoms with E-state index in [4.69, 9.17) is 4.74 Å². The van der Waals surface area contributed by atoms with Crippen molar-refractivity contribution in [2.75, 3.05) is 5.32 Å². The summed E-state index contributed by atoms with van der Waals surface area (Å²) in [6.07, 6.45) is -3.81. The molecule has 0 unspecified atom stereocenters. The summed E-state index contributed by atoms with van der Waals surface area (Å²) in [5, 5.41) is 21.9. The fourth-order valence-electron chi connectivity index (χ4n) is 2.50. The number of ether oxygens (including phenoxy) is 1. The molecule has 0 radical (unpaired) electrons. The number of hydrogen-bond donors (Lipinski definition) is 3. The summed E-state index contributed by atoms with van der Waals surface area (Å²) in [4.78, 5) is 29.0.